The van der Waals surface area contributed by atoms with E-state index in [1.165, 1.54) is 15.9 Å². The normalized spacial score (nSPS) is 11.8. The van der Waals surface area contributed by atoms with Crippen LogP contribution in [0.3, 0.4) is 0 Å². The number of rotatable bonds is 7. The van der Waals surface area contributed by atoms with E-state index >= 15 is 0 Å². The number of carbonyl (C=O) groups excluding carboxylic acids is 1. The van der Waals surface area contributed by atoms with Crippen LogP contribution in [0.5, 0.6) is 5.75 Å². The van der Waals surface area contributed by atoms with E-state index in [1.54, 1.807) is 55.6 Å². The molecule has 0 fully saturated rings. The highest BCUT2D eigenvalue weighted by Gasteiger charge is 2.24. The Balaban J connectivity index is 1.73. The fraction of sp³-hybridized carbons (Fsp3) is 0.174. The number of thioether (sulfide) groups is 1. The van der Waals surface area contributed by atoms with Gasteiger partial charge in [0.1, 0.15) is 10.8 Å². The van der Waals surface area contributed by atoms with E-state index in [-0.39, 0.29) is 17.1 Å². The maximum absolute atomic E-state index is 13.3. The quantitative estimate of drug-likeness (QED) is 0.301. The molecule has 0 bridgehead atoms. The largest absolute Gasteiger partial charge is 0.497 e. The van der Waals surface area contributed by atoms with Gasteiger partial charge in [-0.1, -0.05) is 30.0 Å². The van der Waals surface area contributed by atoms with Gasteiger partial charge in [0.05, 0.1) is 35.5 Å². The van der Waals surface area contributed by atoms with Crippen molar-refractivity contribution in [3.05, 3.63) is 75.0 Å². The number of nitrogens with zero attached hydrogens (tertiary/aromatic N) is 4. The molecule has 0 saturated heterocycles. The van der Waals surface area contributed by atoms with Crippen LogP contribution in [0.2, 0.25) is 0 Å². The van der Waals surface area contributed by atoms with Crippen LogP contribution in [-0.4, -0.2) is 33.2 Å². The summed E-state index contributed by atoms with van der Waals surface area (Å²) in [6.07, 6.45) is 0. The molecule has 0 radical (unpaired) electrons. The zero-order chi connectivity index (χ0) is 22.7. The van der Waals surface area contributed by atoms with Crippen LogP contribution < -0.4 is 10.3 Å². The fourth-order valence-electron chi connectivity index (χ4n) is 3.18. The maximum Gasteiger partial charge on any atom is 0.266 e. The van der Waals surface area contributed by atoms with Crippen LogP contribution in [0.1, 0.15) is 16.6 Å². The molecule has 2 aromatic heterocycles. The van der Waals surface area contributed by atoms with Gasteiger partial charge in [-0.2, -0.15) is 5.26 Å². The summed E-state index contributed by atoms with van der Waals surface area (Å²) in [5.74, 6) is -0.658. The predicted molar refractivity (Wildman–Crippen MR) is 125 cm³/mol. The van der Waals surface area contributed by atoms with Gasteiger partial charge < -0.3 is 4.74 Å². The smallest absolute Gasteiger partial charge is 0.266 e. The first kappa shape index (κ1) is 21.7. The van der Waals surface area contributed by atoms with E-state index < -0.39 is 5.92 Å². The number of nitriles is 1. The first-order chi connectivity index (χ1) is 15.5. The van der Waals surface area contributed by atoms with Crippen LogP contribution in [-0.2, 0) is 4.79 Å². The number of hydrogen-bond acceptors (Lipinski definition) is 8. The number of para-hydroxylation sites is 1. The second-order valence-corrected chi connectivity index (χ2v) is 8.73. The monoisotopic (exact) mass is 462 g/mol. The van der Waals surface area contributed by atoms with E-state index in [1.807, 2.05) is 18.4 Å². The van der Waals surface area contributed by atoms with E-state index in [0.29, 0.717) is 32.5 Å². The van der Waals surface area contributed by atoms with E-state index in [4.69, 9.17) is 4.74 Å². The molecule has 0 amide bonds. The lowest BCUT2D eigenvalue weighted by molar-refractivity contribution is -0.116. The molecular formula is C23H18N4O3S2. The lowest BCUT2D eigenvalue weighted by atomic mass is 10.1. The minimum Gasteiger partial charge on any atom is -0.497 e. The molecule has 4 aromatic rings. The summed E-state index contributed by atoms with van der Waals surface area (Å²) in [4.78, 5) is 35.1. The van der Waals surface area contributed by atoms with Crippen molar-refractivity contribution in [2.24, 2.45) is 0 Å². The molecular weight excluding hydrogens is 444 g/mol. The molecule has 0 aliphatic heterocycles. The Hall–Kier alpha value is -3.48. The Kier molecular flexibility index (Phi) is 6.35. The number of carbonyl (C=O) groups is 1. The first-order valence-corrected chi connectivity index (χ1v) is 11.5. The van der Waals surface area contributed by atoms with Gasteiger partial charge in [0.2, 0.25) is 0 Å². The van der Waals surface area contributed by atoms with Crippen LogP contribution in [0, 0.1) is 18.3 Å². The highest BCUT2D eigenvalue weighted by atomic mass is 32.2. The van der Waals surface area contributed by atoms with Gasteiger partial charge in [-0.25, -0.2) is 9.97 Å². The number of ether oxygens (including phenoxy) is 1. The third kappa shape index (κ3) is 4.28. The molecule has 32 heavy (non-hydrogen) atoms. The highest BCUT2D eigenvalue weighted by Crippen LogP contribution is 2.27. The molecule has 4 rings (SSSR count). The summed E-state index contributed by atoms with van der Waals surface area (Å²) in [7, 11) is 1.55. The lowest BCUT2D eigenvalue weighted by Crippen LogP contribution is -2.22. The number of thiazole rings is 1. The highest BCUT2D eigenvalue weighted by molar-refractivity contribution is 7.99. The Bertz CT molecular complexity index is 1400. The van der Waals surface area contributed by atoms with Crippen molar-refractivity contribution in [1.29, 1.82) is 5.26 Å². The Morgan fingerprint density at radius 1 is 1.25 bits per heavy atom. The minimum atomic E-state index is -0.946. The van der Waals surface area contributed by atoms with Crippen LogP contribution >= 0.6 is 23.1 Å². The SMILES string of the molecule is COc1cccc(-n2c(SCC(=O)C(C#N)c3nc(C)cs3)nc3ccccc3c2=O)c1. The van der Waals surface area contributed by atoms with Crippen LogP contribution in [0.4, 0.5) is 0 Å². The number of methoxy groups -OCH3 is 1. The van der Waals surface area contributed by atoms with Gasteiger partial charge in [0, 0.05) is 17.1 Å². The molecule has 1 unspecified atom stereocenters. The molecule has 0 spiro atoms. The Labute approximate surface area is 192 Å². The zero-order valence-corrected chi connectivity index (χ0v) is 18.9. The molecule has 2 heterocycles. The van der Waals surface area contributed by atoms with Gasteiger partial charge >= 0.3 is 0 Å². The number of aromatic nitrogens is 3. The zero-order valence-electron chi connectivity index (χ0n) is 17.3. The lowest BCUT2D eigenvalue weighted by Gasteiger charge is -2.14. The summed E-state index contributed by atoms with van der Waals surface area (Å²) < 4.78 is 6.77. The van der Waals surface area contributed by atoms with E-state index in [2.05, 4.69) is 9.97 Å². The Morgan fingerprint density at radius 2 is 2.06 bits per heavy atom. The third-order valence-electron chi connectivity index (χ3n) is 4.73. The van der Waals surface area contributed by atoms with Crippen LogP contribution in [0.15, 0.2) is 63.9 Å². The summed E-state index contributed by atoms with van der Waals surface area (Å²) in [5.41, 5.74) is 1.65. The number of fused-ring (bicyclic) bond motifs is 1. The molecule has 0 saturated carbocycles. The molecule has 0 aliphatic carbocycles. The van der Waals surface area contributed by atoms with Gasteiger partial charge in [0.25, 0.3) is 5.56 Å². The van der Waals surface area contributed by atoms with E-state index in [0.717, 1.165) is 17.5 Å². The average Bonchev–Trinajstić information content (AvgIpc) is 3.24. The van der Waals surface area contributed by atoms with Gasteiger partial charge in [-0.3, -0.25) is 14.2 Å². The van der Waals surface area contributed by atoms with Crippen molar-refractivity contribution >= 4 is 39.8 Å². The summed E-state index contributed by atoms with van der Waals surface area (Å²) in [6.45, 7) is 1.82. The van der Waals surface area contributed by atoms with Gasteiger partial charge in [-0.05, 0) is 31.2 Å². The van der Waals surface area contributed by atoms with Crippen molar-refractivity contribution < 1.29 is 9.53 Å². The minimum absolute atomic E-state index is 0.0222. The Morgan fingerprint density at radius 3 is 2.78 bits per heavy atom. The van der Waals surface area contributed by atoms with Crippen LogP contribution in [0.25, 0.3) is 16.6 Å². The molecule has 0 aliphatic rings. The van der Waals surface area contributed by atoms with Crippen molar-refractivity contribution in [1.82, 2.24) is 14.5 Å². The van der Waals surface area contributed by atoms with Crippen molar-refractivity contribution in [3.8, 4) is 17.5 Å². The predicted octanol–water partition coefficient (Wildman–Crippen LogP) is 4.13. The number of ketones is 1. The number of hydrogen-bond donors (Lipinski definition) is 0. The topological polar surface area (TPSA) is 97.9 Å². The number of benzene rings is 2. The summed E-state index contributed by atoms with van der Waals surface area (Å²) in [5, 5.41) is 12.7. The van der Waals surface area contributed by atoms with E-state index in [9.17, 15) is 14.9 Å². The molecule has 9 heteroatoms. The standard InChI is InChI=1S/C23H18N4O3S2/c1-14-12-31-21(25-14)18(11-24)20(28)13-32-23-26-19-9-4-3-8-17(19)22(29)27(23)15-6-5-7-16(10-15)30-2/h3-10,12,18H,13H2,1-2H3. The van der Waals surface area contributed by atoms with Crippen molar-refractivity contribution in [2.45, 2.75) is 18.0 Å². The van der Waals surface area contributed by atoms with Gasteiger partial charge in [0.15, 0.2) is 16.9 Å². The fourth-order valence-corrected chi connectivity index (χ4v) is 4.95. The van der Waals surface area contributed by atoms with Crippen molar-refractivity contribution in [3.63, 3.8) is 0 Å². The molecule has 7 nitrogen and oxygen atoms in total. The summed E-state index contributed by atoms with van der Waals surface area (Å²) >= 11 is 2.42. The number of Topliss-reactive ketones (excluding diaryl/α,β-unsaturated/α-hetero) is 1. The maximum atomic E-state index is 13.3. The second-order valence-electron chi connectivity index (χ2n) is 6.90. The van der Waals surface area contributed by atoms with Gasteiger partial charge in [-0.15, -0.1) is 11.3 Å². The average molecular weight is 463 g/mol. The third-order valence-corrected chi connectivity index (χ3v) is 6.72. The molecule has 1 atom stereocenters. The first-order valence-electron chi connectivity index (χ1n) is 9.65. The molecule has 160 valence electrons. The summed E-state index contributed by atoms with van der Waals surface area (Å²) in [6, 6.07) is 16.2. The second kappa shape index (κ2) is 9.34. The van der Waals surface area contributed by atoms with Crippen molar-refractivity contribution in [2.75, 3.05) is 12.9 Å². The number of aryl methyl sites for hydroxylation is 1. The molecule has 2 aromatic carbocycles. The molecule has 0 N–H and O–H groups in total.